The first-order chi connectivity index (χ1) is 13.3. The fraction of sp³-hybridized carbons (Fsp3) is 0.864. The second-order valence-corrected chi connectivity index (χ2v) is 11.8. The number of hydrogen-bond acceptors (Lipinski definition) is 4. The maximum absolute atomic E-state index is 12.5. The fourth-order valence-electron chi connectivity index (χ4n) is 8.00. The van der Waals surface area contributed by atoms with Crippen LogP contribution in [0.15, 0.2) is 11.6 Å². The monoisotopic (exact) mass is 426 g/mol. The number of Topliss-reactive ketones (excluding diaryl/α,β-unsaturated/α-hetero) is 1. The molecule has 164 valence electrons. The number of carbonyl (C=O) groups excluding carboxylic acids is 1. The van der Waals surface area contributed by atoms with Crippen molar-refractivity contribution < 1.29 is 28.8 Å². The molecule has 3 fully saturated rings. The van der Waals surface area contributed by atoms with Crippen LogP contribution in [-0.4, -0.2) is 32.4 Å². The van der Waals surface area contributed by atoms with E-state index in [0.717, 1.165) is 32.1 Å². The molecule has 4 aliphatic rings. The quantitative estimate of drug-likeness (QED) is 0.466. The van der Waals surface area contributed by atoms with Crippen LogP contribution in [0.3, 0.4) is 0 Å². The summed E-state index contributed by atoms with van der Waals surface area (Å²) in [6.07, 6.45) is 7.59. The Balaban J connectivity index is 1.62. The lowest BCUT2D eigenvalue weighted by Gasteiger charge is -2.58. The molecule has 0 saturated heterocycles. The molecular formula is C22H35O6P. The fourth-order valence-corrected chi connectivity index (χ4v) is 8.57. The highest BCUT2D eigenvalue weighted by Crippen LogP contribution is 2.68. The second-order valence-electron chi connectivity index (χ2n) is 10.6. The van der Waals surface area contributed by atoms with Gasteiger partial charge in [0.2, 0.25) is 0 Å². The Bertz CT molecular complexity index is 788. The standard InChI is InChI=1S/C22H35O6P/c1-13-11-19-17-6-5-15-12-16(28-29(25,26)27)7-9-20(15,3)18(17)8-10-21(19,4)22(13,24)14(2)23/h5,13,16-19,24H,6-12H2,1-4H3,(H2,25,26,27)/t13-,16-,17-,18-,19+,20+,21+,22+/m1/s1. The van der Waals surface area contributed by atoms with Crippen LogP contribution in [0.4, 0.5) is 0 Å². The summed E-state index contributed by atoms with van der Waals surface area (Å²) in [5.74, 6) is 1.13. The smallest absolute Gasteiger partial charge is 0.381 e. The minimum absolute atomic E-state index is 0.0131. The van der Waals surface area contributed by atoms with E-state index in [4.69, 9.17) is 4.52 Å². The van der Waals surface area contributed by atoms with Gasteiger partial charge in [0.25, 0.3) is 0 Å². The minimum Gasteiger partial charge on any atom is -0.381 e. The van der Waals surface area contributed by atoms with E-state index in [1.807, 2.05) is 6.92 Å². The molecule has 3 saturated carbocycles. The molecule has 0 aromatic carbocycles. The van der Waals surface area contributed by atoms with Crippen LogP contribution >= 0.6 is 7.82 Å². The van der Waals surface area contributed by atoms with E-state index >= 15 is 0 Å². The number of phosphoric ester groups is 1. The second kappa shape index (κ2) is 6.74. The summed E-state index contributed by atoms with van der Waals surface area (Å²) in [5.41, 5.74) is -0.316. The van der Waals surface area contributed by atoms with Crippen molar-refractivity contribution >= 4 is 13.6 Å². The zero-order chi connectivity index (χ0) is 21.4. The molecule has 0 aromatic rings. The van der Waals surface area contributed by atoms with E-state index in [9.17, 15) is 24.3 Å². The lowest BCUT2D eigenvalue weighted by atomic mass is 9.46. The van der Waals surface area contributed by atoms with Gasteiger partial charge in [-0.2, -0.15) is 0 Å². The third kappa shape index (κ3) is 3.05. The van der Waals surface area contributed by atoms with Crippen molar-refractivity contribution in [2.75, 3.05) is 0 Å². The van der Waals surface area contributed by atoms with Gasteiger partial charge >= 0.3 is 7.82 Å². The van der Waals surface area contributed by atoms with Crippen molar-refractivity contribution in [3.63, 3.8) is 0 Å². The SMILES string of the molecule is CC(=O)[C@@]1(O)[C@H](C)C[C@H]2[C@@H]3CC=C4C[C@H](OP(=O)(O)O)CC[C@]4(C)[C@@H]3CC[C@@]21C. The molecule has 6 nitrogen and oxygen atoms in total. The first-order valence-corrected chi connectivity index (χ1v) is 12.5. The van der Waals surface area contributed by atoms with E-state index in [0.29, 0.717) is 30.6 Å². The number of allylic oxidation sites excluding steroid dienone is 1. The zero-order valence-electron chi connectivity index (χ0n) is 17.9. The lowest BCUT2D eigenvalue weighted by Crippen LogP contribution is -2.58. The maximum atomic E-state index is 12.5. The first kappa shape index (κ1) is 21.7. The minimum atomic E-state index is -4.47. The third-order valence-electron chi connectivity index (χ3n) is 9.46. The lowest BCUT2D eigenvalue weighted by molar-refractivity contribution is -0.165. The van der Waals surface area contributed by atoms with Crippen LogP contribution in [0, 0.1) is 34.5 Å². The Labute approximate surface area is 173 Å². The normalized spacial score (nSPS) is 49.6. The summed E-state index contributed by atoms with van der Waals surface area (Å²) in [6, 6.07) is 0. The molecule has 4 aliphatic carbocycles. The van der Waals surface area contributed by atoms with Gasteiger partial charge in [0.15, 0.2) is 5.78 Å². The van der Waals surface area contributed by atoms with Crippen molar-refractivity contribution in [1.29, 1.82) is 0 Å². The Hall–Kier alpha value is -0.520. The van der Waals surface area contributed by atoms with E-state index in [1.165, 1.54) is 5.57 Å². The summed E-state index contributed by atoms with van der Waals surface area (Å²) in [6.45, 7) is 8.00. The molecule has 0 aromatic heterocycles. The van der Waals surface area contributed by atoms with Gasteiger partial charge in [-0.15, -0.1) is 0 Å². The average Bonchev–Trinajstić information content (AvgIpc) is 2.82. The molecule has 3 N–H and O–H groups in total. The summed E-state index contributed by atoms with van der Waals surface area (Å²) >= 11 is 0. The van der Waals surface area contributed by atoms with Crippen molar-refractivity contribution in [1.82, 2.24) is 0 Å². The number of fused-ring (bicyclic) bond motifs is 5. The third-order valence-corrected chi connectivity index (χ3v) is 10.0. The van der Waals surface area contributed by atoms with E-state index in [-0.39, 0.29) is 22.5 Å². The van der Waals surface area contributed by atoms with Crippen LogP contribution < -0.4 is 0 Å². The number of hydrogen-bond donors (Lipinski definition) is 3. The number of carbonyl (C=O) groups is 1. The highest BCUT2D eigenvalue weighted by atomic mass is 31.2. The largest absolute Gasteiger partial charge is 0.469 e. The Morgan fingerprint density at radius 2 is 1.90 bits per heavy atom. The highest BCUT2D eigenvalue weighted by molar-refractivity contribution is 7.46. The van der Waals surface area contributed by atoms with Crippen LogP contribution in [0.2, 0.25) is 0 Å². The average molecular weight is 426 g/mol. The van der Waals surface area contributed by atoms with Crippen LogP contribution in [0.5, 0.6) is 0 Å². The molecule has 7 heteroatoms. The molecule has 4 rings (SSSR count). The molecule has 0 unspecified atom stereocenters. The number of phosphoric acid groups is 1. The van der Waals surface area contributed by atoms with Crippen LogP contribution in [0.25, 0.3) is 0 Å². The van der Waals surface area contributed by atoms with Crippen LogP contribution in [-0.2, 0) is 13.9 Å². The Morgan fingerprint density at radius 3 is 2.52 bits per heavy atom. The zero-order valence-corrected chi connectivity index (χ0v) is 18.8. The number of rotatable bonds is 3. The Kier molecular flexibility index (Phi) is 5.04. The summed E-state index contributed by atoms with van der Waals surface area (Å²) < 4.78 is 16.3. The predicted molar refractivity (Wildman–Crippen MR) is 109 cm³/mol. The maximum Gasteiger partial charge on any atom is 0.469 e. The Morgan fingerprint density at radius 1 is 1.21 bits per heavy atom. The van der Waals surface area contributed by atoms with Gasteiger partial charge in [-0.3, -0.25) is 9.32 Å². The summed E-state index contributed by atoms with van der Waals surface area (Å²) in [7, 11) is -4.47. The number of aliphatic hydroxyl groups is 1. The molecule has 0 radical (unpaired) electrons. The summed E-state index contributed by atoms with van der Waals surface area (Å²) in [5, 5.41) is 11.5. The van der Waals surface area contributed by atoms with Gasteiger partial charge in [0.1, 0.15) is 5.60 Å². The topological polar surface area (TPSA) is 104 Å². The predicted octanol–water partition coefficient (Wildman–Crippen LogP) is 3.99. The highest BCUT2D eigenvalue weighted by Gasteiger charge is 2.67. The molecule has 0 amide bonds. The van der Waals surface area contributed by atoms with Gasteiger partial charge in [0, 0.05) is 5.41 Å². The van der Waals surface area contributed by atoms with E-state index < -0.39 is 19.5 Å². The van der Waals surface area contributed by atoms with Gasteiger partial charge in [0.05, 0.1) is 6.10 Å². The molecular weight excluding hydrogens is 391 g/mol. The molecule has 0 bridgehead atoms. The van der Waals surface area contributed by atoms with Crippen molar-refractivity contribution in [2.45, 2.75) is 84.3 Å². The molecule has 8 atom stereocenters. The van der Waals surface area contributed by atoms with E-state index in [1.54, 1.807) is 6.92 Å². The molecule has 0 aliphatic heterocycles. The van der Waals surface area contributed by atoms with Crippen molar-refractivity contribution in [2.24, 2.45) is 34.5 Å². The van der Waals surface area contributed by atoms with Gasteiger partial charge in [-0.1, -0.05) is 32.4 Å². The van der Waals surface area contributed by atoms with Gasteiger partial charge in [-0.05, 0) is 81.0 Å². The molecule has 0 spiro atoms. The molecule has 0 heterocycles. The van der Waals surface area contributed by atoms with Crippen molar-refractivity contribution in [3.8, 4) is 0 Å². The number of ketones is 1. The van der Waals surface area contributed by atoms with Gasteiger partial charge < -0.3 is 14.9 Å². The van der Waals surface area contributed by atoms with Gasteiger partial charge in [-0.25, -0.2) is 4.57 Å². The van der Waals surface area contributed by atoms with Crippen molar-refractivity contribution in [3.05, 3.63) is 11.6 Å². The van der Waals surface area contributed by atoms with E-state index in [2.05, 4.69) is 19.9 Å². The van der Waals surface area contributed by atoms with Crippen LogP contribution in [0.1, 0.15) is 72.6 Å². The summed E-state index contributed by atoms with van der Waals surface area (Å²) in [4.78, 5) is 30.9. The molecule has 29 heavy (non-hydrogen) atoms. The first-order valence-electron chi connectivity index (χ1n) is 11.0.